The molecule has 28 heavy (non-hydrogen) atoms. The van der Waals surface area contributed by atoms with Crippen molar-refractivity contribution in [1.29, 1.82) is 0 Å². The van der Waals surface area contributed by atoms with Gasteiger partial charge in [-0.05, 0) is 62.4 Å². The fourth-order valence-corrected chi connectivity index (χ4v) is 5.28. The van der Waals surface area contributed by atoms with Crippen LogP contribution in [-0.2, 0) is 0 Å². The third-order valence-electron chi connectivity index (χ3n) is 5.43. The van der Waals surface area contributed by atoms with Crippen LogP contribution in [0.25, 0.3) is 21.3 Å². The highest BCUT2D eigenvalue weighted by Crippen LogP contribution is 2.45. The highest BCUT2D eigenvalue weighted by atomic mass is 35.5. The van der Waals surface area contributed by atoms with Gasteiger partial charge in [0.25, 0.3) is 0 Å². The van der Waals surface area contributed by atoms with Gasteiger partial charge >= 0.3 is 0 Å². The molecule has 1 atom stereocenters. The number of anilines is 1. The van der Waals surface area contributed by atoms with Gasteiger partial charge < -0.3 is 14.4 Å². The summed E-state index contributed by atoms with van der Waals surface area (Å²) in [6.07, 6.45) is 3.59. The van der Waals surface area contributed by atoms with E-state index >= 15 is 0 Å². The van der Waals surface area contributed by atoms with Crippen molar-refractivity contribution in [2.24, 2.45) is 0 Å². The third-order valence-corrected chi connectivity index (χ3v) is 6.60. The van der Waals surface area contributed by atoms with Crippen LogP contribution in [-0.4, -0.2) is 36.8 Å². The maximum atomic E-state index is 6.31. The number of fused-ring (bicyclic) bond motifs is 1. The lowest BCUT2D eigenvalue weighted by atomic mass is 10.00. The Balaban J connectivity index is 1.96. The predicted molar refractivity (Wildman–Crippen MR) is 116 cm³/mol. The number of aromatic nitrogens is 2. The molecule has 0 bridgehead atoms. The van der Waals surface area contributed by atoms with Gasteiger partial charge in [0.2, 0.25) is 5.28 Å². The zero-order valence-corrected chi connectivity index (χ0v) is 18.2. The number of rotatable bonds is 4. The van der Waals surface area contributed by atoms with Crippen LogP contribution in [0.15, 0.2) is 18.2 Å². The van der Waals surface area contributed by atoms with Crippen LogP contribution in [0.5, 0.6) is 11.5 Å². The summed E-state index contributed by atoms with van der Waals surface area (Å²) in [5.74, 6) is 2.37. The molecule has 3 aromatic rings. The lowest BCUT2D eigenvalue weighted by Crippen LogP contribution is -2.38. The first-order valence-electron chi connectivity index (χ1n) is 9.49. The van der Waals surface area contributed by atoms with Crippen molar-refractivity contribution in [3.8, 4) is 22.6 Å². The van der Waals surface area contributed by atoms with Crippen LogP contribution in [0.3, 0.4) is 0 Å². The molecule has 1 saturated heterocycles. The van der Waals surface area contributed by atoms with Crippen LogP contribution in [0, 0.1) is 6.92 Å². The Kier molecular flexibility index (Phi) is 5.34. The fourth-order valence-electron chi connectivity index (χ4n) is 4.03. The standard InChI is InChI=1S/C21H24ClN3O2S/c1-12-7-5-6-10-25(12)19-18-17(13(2)28-20(18)24-21(22)23-19)14-8-9-15(26-3)16(11-14)27-4/h8-9,11-12H,5-7,10H2,1-4H3. The minimum atomic E-state index is 0.306. The molecule has 0 spiro atoms. The van der Waals surface area contributed by atoms with E-state index in [2.05, 4.69) is 34.8 Å². The smallest absolute Gasteiger partial charge is 0.225 e. The lowest BCUT2D eigenvalue weighted by molar-refractivity contribution is 0.355. The molecule has 0 aliphatic carbocycles. The average molecular weight is 418 g/mol. The molecule has 0 radical (unpaired) electrons. The number of hydrogen-bond acceptors (Lipinski definition) is 6. The minimum Gasteiger partial charge on any atom is -0.493 e. The first-order chi connectivity index (χ1) is 13.5. The highest BCUT2D eigenvalue weighted by Gasteiger charge is 2.26. The van der Waals surface area contributed by atoms with Crippen molar-refractivity contribution in [1.82, 2.24) is 9.97 Å². The molecule has 1 aliphatic heterocycles. The van der Waals surface area contributed by atoms with E-state index in [-0.39, 0.29) is 0 Å². The van der Waals surface area contributed by atoms with Crippen LogP contribution >= 0.6 is 22.9 Å². The van der Waals surface area contributed by atoms with E-state index < -0.39 is 0 Å². The van der Waals surface area contributed by atoms with Gasteiger partial charge in [-0.1, -0.05) is 6.07 Å². The van der Waals surface area contributed by atoms with Crippen molar-refractivity contribution >= 4 is 39.0 Å². The number of nitrogens with zero attached hydrogens (tertiary/aromatic N) is 3. The summed E-state index contributed by atoms with van der Waals surface area (Å²) in [7, 11) is 3.30. The van der Waals surface area contributed by atoms with Gasteiger partial charge in [-0.25, -0.2) is 4.98 Å². The summed E-state index contributed by atoms with van der Waals surface area (Å²) in [5.41, 5.74) is 2.21. The SMILES string of the molecule is COc1ccc(-c2c(C)sc3nc(Cl)nc(N4CCCCC4C)c23)cc1OC. The second-order valence-corrected chi connectivity index (χ2v) is 8.68. The molecule has 0 amide bonds. The summed E-state index contributed by atoms with van der Waals surface area (Å²) >= 11 is 7.96. The molecule has 1 unspecified atom stereocenters. The molecule has 2 aromatic heterocycles. The molecule has 4 rings (SSSR count). The average Bonchev–Trinajstić information content (AvgIpc) is 3.02. The van der Waals surface area contributed by atoms with Gasteiger partial charge in [0.1, 0.15) is 10.6 Å². The van der Waals surface area contributed by atoms with Gasteiger partial charge in [0.05, 0.1) is 19.6 Å². The van der Waals surface area contributed by atoms with E-state index in [0.29, 0.717) is 22.8 Å². The topological polar surface area (TPSA) is 47.5 Å². The number of piperidine rings is 1. The van der Waals surface area contributed by atoms with Gasteiger partial charge in [-0.3, -0.25) is 0 Å². The van der Waals surface area contributed by atoms with Gasteiger partial charge in [-0.15, -0.1) is 11.3 Å². The van der Waals surface area contributed by atoms with Crippen LogP contribution in [0.1, 0.15) is 31.1 Å². The molecular weight excluding hydrogens is 394 g/mol. The minimum absolute atomic E-state index is 0.306. The van der Waals surface area contributed by atoms with E-state index in [1.54, 1.807) is 25.6 Å². The molecular formula is C21H24ClN3O2S. The maximum absolute atomic E-state index is 6.31. The molecule has 148 valence electrons. The quantitative estimate of drug-likeness (QED) is 0.508. The number of aryl methyl sites for hydroxylation is 1. The summed E-state index contributed by atoms with van der Waals surface area (Å²) in [6.45, 7) is 5.37. The monoisotopic (exact) mass is 417 g/mol. The predicted octanol–water partition coefficient (Wildman–Crippen LogP) is 5.72. The summed E-state index contributed by atoms with van der Waals surface area (Å²) < 4.78 is 10.9. The van der Waals surface area contributed by atoms with E-state index in [1.807, 2.05) is 12.1 Å². The highest BCUT2D eigenvalue weighted by molar-refractivity contribution is 7.19. The molecule has 5 nitrogen and oxygen atoms in total. The number of halogens is 1. The van der Waals surface area contributed by atoms with Crippen LogP contribution in [0.2, 0.25) is 5.28 Å². The molecule has 7 heteroatoms. The Morgan fingerprint density at radius 1 is 1.14 bits per heavy atom. The van der Waals surface area contributed by atoms with Crippen molar-refractivity contribution in [3.05, 3.63) is 28.4 Å². The van der Waals surface area contributed by atoms with E-state index in [0.717, 1.165) is 40.1 Å². The van der Waals surface area contributed by atoms with Crippen molar-refractivity contribution < 1.29 is 9.47 Å². The van der Waals surface area contributed by atoms with E-state index in [1.165, 1.54) is 17.7 Å². The number of hydrogen-bond donors (Lipinski definition) is 0. The van der Waals surface area contributed by atoms with Crippen molar-refractivity contribution in [2.45, 2.75) is 39.2 Å². The third kappa shape index (κ3) is 3.29. The number of thiophene rings is 1. The molecule has 1 aromatic carbocycles. The van der Waals surface area contributed by atoms with E-state index in [4.69, 9.17) is 21.1 Å². The lowest BCUT2D eigenvalue weighted by Gasteiger charge is -2.35. The zero-order chi connectivity index (χ0) is 19.8. The number of methoxy groups -OCH3 is 2. The summed E-state index contributed by atoms with van der Waals surface area (Å²) in [5, 5.41) is 1.38. The summed E-state index contributed by atoms with van der Waals surface area (Å²) in [4.78, 5) is 13.7. The first-order valence-corrected chi connectivity index (χ1v) is 10.7. The second kappa shape index (κ2) is 7.76. The largest absolute Gasteiger partial charge is 0.493 e. The van der Waals surface area contributed by atoms with Crippen molar-refractivity contribution in [3.63, 3.8) is 0 Å². The Labute approximate surface area is 174 Å². The molecule has 0 saturated carbocycles. The first kappa shape index (κ1) is 19.3. The van der Waals surface area contributed by atoms with Crippen molar-refractivity contribution in [2.75, 3.05) is 25.7 Å². The fraction of sp³-hybridized carbons (Fsp3) is 0.429. The Morgan fingerprint density at radius 3 is 2.64 bits per heavy atom. The van der Waals surface area contributed by atoms with Gasteiger partial charge in [0, 0.05) is 23.0 Å². The number of benzene rings is 1. The molecule has 1 fully saturated rings. The second-order valence-electron chi connectivity index (χ2n) is 7.14. The van der Waals surface area contributed by atoms with Gasteiger partial charge in [-0.2, -0.15) is 4.98 Å². The van der Waals surface area contributed by atoms with Crippen LogP contribution < -0.4 is 14.4 Å². The van der Waals surface area contributed by atoms with Crippen LogP contribution in [0.4, 0.5) is 5.82 Å². The number of ether oxygens (including phenoxy) is 2. The van der Waals surface area contributed by atoms with Gasteiger partial charge in [0.15, 0.2) is 11.5 Å². The zero-order valence-electron chi connectivity index (χ0n) is 16.6. The Bertz CT molecular complexity index is 1020. The Hall–Kier alpha value is -2.05. The molecule has 3 heterocycles. The molecule has 1 aliphatic rings. The molecule has 0 N–H and O–H groups in total. The van der Waals surface area contributed by atoms with E-state index in [9.17, 15) is 0 Å². The Morgan fingerprint density at radius 2 is 1.93 bits per heavy atom. The summed E-state index contributed by atoms with van der Waals surface area (Å²) in [6, 6.07) is 6.46. The normalized spacial score (nSPS) is 17.2. The maximum Gasteiger partial charge on any atom is 0.225 e.